The number of hydrogen-bond donors (Lipinski definition) is 1. The van der Waals surface area contributed by atoms with E-state index >= 15 is 0 Å². The number of anilines is 1. The molecule has 0 aliphatic carbocycles. The normalized spacial score (nSPS) is 10.5. The van der Waals surface area contributed by atoms with Gasteiger partial charge in [-0.25, -0.2) is 9.97 Å². The van der Waals surface area contributed by atoms with Gasteiger partial charge in [0, 0.05) is 12.0 Å². The summed E-state index contributed by atoms with van der Waals surface area (Å²) in [6.45, 7) is 4.06. The summed E-state index contributed by atoms with van der Waals surface area (Å²) in [7, 11) is 0. The van der Waals surface area contributed by atoms with Crippen LogP contribution in [0, 0.1) is 0 Å². The number of rotatable bonds is 1. The van der Waals surface area contributed by atoms with E-state index in [0.717, 1.165) is 10.4 Å². The number of nitrogens with zero attached hydrogens (tertiary/aromatic N) is 2. The zero-order chi connectivity index (χ0) is 8.43. The zero-order valence-electron chi connectivity index (χ0n) is 6.50. The van der Waals surface area contributed by atoms with Crippen LogP contribution in [0.25, 0.3) is 0 Å². The molecule has 0 fully saturated rings. The van der Waals surface area contributed by atoms with Crippen LogP contribution in [0.3, 0.4) is 0 Å². The highest BCUT2D eigenvalue weighted by molar-refractivity contribution is 9.10. The average Bonchev–Trinajstić information content (AvgIpc) is 1.85. The van der Waals surface area contributed by atoms with E-state index < -0.39 is 0 Å². The first kappa shape index (κ1) is 8.46. The first-order chi connectivity index (χ1) is 5.09. The minimum absolute atomic E-state index is 0.315. The highest BCUT2D eigenvalue weighted by Gasteiger charge is 2.03. The van der Waals surface area contributed by atoms with Gasteiger partial charge in [0.2, 0.25) is 0 Å². The first-order valence-electron chi connectivity index (χ1n) is 3.39. The van der Waals surface area contributed by atoms with Crippen molar-refractivity contribution in [1.29, 1.82) is 0 Å². The van der Waals surface area contributed by atoms with Gasteiger partial charge in [-0.3, -0.25) is 0 Å². The maximum atomic E-state index is 5.52. The maximum absolute atomic E-state index is 5.52. The predicted molar refractivity (Wildman–Crippen MR) is 48.2 cm³/mol. The third-order valence-corrected chi connectivity index (χ3v) is 1.65. The molecule has 11 heavy (non-hydrogen) atoms. The molecule has 0 amide bonds. The molecule has 0 saturated heterocycles. The van der Waals surface area contributed by atoms with Gasteiger partial charge in [0.1, 0.15) is 16.2 Å². The summed E-state index contributed by atoms with van der Waals surface area (Å²) in [5, 5.41) is 0. The molecule has 0 radical (unpaired) electrons. The van der Waals surface area contributed by atoms with Crippen molar-refractivity contribution in [2.75, 3.05) is 5.73 Å². The van der Waals surface area contributed by atoms with Crippen molar-refractivity contribution in [2.24, 2.45) is 0 Å². The molecular formula is C7H10BrN3. The number of halogens is 1. The molecule has 0 unspecified atom stereocenters. The zero-order valence-corrected chi connectivity index (χ0v) is 8.09. The van der Waals surface area contributed by atoms with Gasteiger partial charge in [-0.2, -0.15) is 0 Å². The van der Waals surface area contributed by atoms with Crippen LogP contribution < -0.4 is 5.73 Å². The number of nitrogen functional groups attached to an aromatic ring is 1. The molecule has 3 nitrogen and oxygen atoms in total. The Hall–Kier alpha value is -0.640. The first-order valence-corrected chi connectivity index (χ1v) is 4.19. The molecule has 0 aliphatic rings. The van der Waals surface area contributed by atoms with E-state index in [4.69, 9.17) is 5.73 Å². The Morgan fingerprint density at radius 3 is 2.55 bits per heavy atom. The topological polar surface area (TPSA) is 51.8 Å². The molecule has 1 rings (SSSR count). The molecule has 4 heteroatoms. The van der Waals surface area contributed by atoms with Crippen molar-refractivity contribution < 1.29 is 0 Å². The van der Waals surface area contributed by atoms with E-state index in [1.165, 1.54) is 0 Å². The van der Waals surface area contributed by atoms with Gasteiger partial charge < -0.3 is 5.73 Å². The lowest BCUT2D eigenvalue weighted by Crippen LogP contribution is -2.01. The Labute approximate surface area is 74.2 Å². The molecule has 0 bridgehead atoms. The lowest BCUT2D eigenvalue weighted by molar-refractivity contribution is 0.772. The lowest BCUT2D eigenvalue weighted by Gasteiger charge is -2.03. The molecule has 0 aromatic carbocycles. The molecule has 1 aromatic heterocycles. The SMILES string of the molecule is CC(C)c1nc(N)cc(Br)n1. The third-order valence-electron chi connectivity index (χ3n) is 1.25. The molecular weight excluding hydrogens is 206 g/mol. The lowest BCUT2D eigenvalue weighted by atomic mass is 10.2. The largest absolute Gasteiger partial charge is 0.384 e. The van der Waals surface area contributed by atoms with E-state index in [-0.39, 0.29) is 0 Å². The van der Waals surface area contributed by atoms with Gasteiger partial charge in [0.25, 0.3) is 0 Å². The molecule has 2 N–H and O–H groups in total. The monoisotopic (exact) mass is 215 g/mol. The fraction of sp³-hybridized carbons (Fsp3) is 0.429. The number of nitrogens with two attached hydrogens (primary N) is 1. The molecule has 0 atom stereocenters. The van der Waals surface area contributed by atoms with Gasteiger partial charge in [-0.05, 0) is 15.9 Å². The van der Waals surface area contributed by atoms with Crippen molar-refractivity contribution >= 4 is 21.7 Å². The Balaban J connectivity index is 3.08. The van der Waals surface area contributed by atoms with E-state index in [1.54, 1.807) is 6.07 Å². The van der Waals surface area contributed by atoms with Crippen LogP contribution in [0.2, 0.25) is 0 Å². The summed E-state index contributed by atoms with van der Waals surface area (Å²) in [6.07, 6.45) is 0. The minimum Gasteiger partial charge on any atom is -0.384 e. The Bertz CT molecular complexity index is 240. The van der Waals surface area contributed by atoms with Crippen molar-refractivity contribution in [3.8, 4) is 0 Å². The van der Waals surface area contributed by atoms with Gasteiger partial charge in [-0.1, -0.05) is 13.8 Å². The summed E-state index contributed by atoms with van der Waals surface area (Å²) < 4.78 is 0.744. The fourth-order valence-corrected chi connectivity index (χ4v) is 1.13. The molecule has 0 spiro atoms. The summed E-state index contributed by atoms with van der Waals surface area (Å²) in [5.41, 5.74) is 5.52. The molecule has 60 valence electrons. The van der Waals surface area contributed by atoms with Crippen LogP contribution in [-0.4, -0.2) is 9.97 Å². The van der Waals surface area contributed by atoms with Gasteiger partial charge in [0.15, 0.2) is 0 Å². The van der Waals surface area contributed by atoms with Crippen LogP contribution >= 0.6 is 15.9 Å². The number of hydrogen-bond acceptors (Lipinski definition) is 3. The van der Waals surface area contributed by atoms with Crippen molar-refractivity contribution in [1.82, 2.24) is 9.97 Å². The highest BCUT2D eigenvalue weighted by Crippen LogP contribution is 2.14. The molecule has 1 heterocycles. The Morgan fingerprint density at radius 2 is 2.09 bits per heavy atom. The second kappa shape index (κ2) is 3.17. The molecule has 0 aliphatic heterocycles. The predicted octanol–water partition coefficient (Wildman–Crippen LogP) is 1.94. The summed E-state index contributed by atoms with van der Waals surface area (Å²) in [6, 6.07) is 1.69. The Morgan fingerprint density at radius 1 is 1.45 bits per heavy atom. The Kier molecular flexibility index (Phi) is 2.44. The van der Waals surface area contributed by atoms with Crippen molar-refractivity contribution in [3.05, 3.63) is 16.5 Å². The summed E-state index contributed by atoms with van der Waals surface area (Å²) in [4.78, 5) is 8.23. The average molecular weight is 216 g/mol. The van der Waals surface area contributed by atoms with Crippen LogP contribution in [0.15, 0.2) is 10.7 Å². The van der Waals surface area contributed by atoms with E-state index in [0.29, 0.717) is 11.7 Å². The molecule has 0 saturated carbocycles. The number of aromatic nitrogens is 2. The van der Waals surface area contributed by atoms with Crippen LogP contribution in [0.4, 0.5) is 5.82 Å². The standard InChI is InChI=1S/C7H10BrN3/c1-4(2)7-10-5(8)3-6(9)11-7/h3-4H,1-2H3,(H2,9,10,11). The highest BCUT2D eigenvalue weighted by atomic mass is 79.9. The maximum Gasteiger partial charge on any atom is 0.134 e. The minimum atomic E-state index is 0.315. The summed E-state index contributed by atoms with van der Waals surface area (Å²) >= 11 is 3.25. The van der Waals surface area contributed by atoms with Crippen LogP contribution in [0.1, 0.15) is 25.6 Å². The van der Waals surface area contributed by atoms with Gasteiger partial charge in [-0.15, -0.1) is 0 Å². The second-order valence-corrected chi connectivity index (χ2v) is 3.44. The van der Waals surface area contributed by atoms with E-state index in [9.17, 15) is 0 Å². The summed E-state index contributed by atoms with van der Waals surface area (Å²) in [5.74, 6) is 1.60. The van der Waals surface area contributed by atoms with E-state index in [1.807, 2.05) is 13.8 Å². The smallest absolute Gasteiger partial charge is 0.134 e. The van der Waals surface area contributed by atoms with Gasteiger partial charge >= 0.3 is 0 Å². The third kappa shape index (κ3) is 2.15. The van der Waals surface area contributed by atoms with E-state index in [2.05, 4.69) is 25.9 Å². The fourth-order valence-electron chi connectivity index (χ4n) is 0.711. The van der Waals surface area contributed by atoms with Gasteiger partial charge in [0.05, 0.1) is 0 Å². The van der Waals surface area contributed by atoms with Crippen molar-refractivity contribution in [2.45, 2.75) is 19.8 Å². The van der Waals surface area contributed by atoms with Crippen molar-refractivity contribution in [3.63, 3.8) is 0 Å². The van der Waals surface area contributed by atoms with Crippen LogP contribution in [0.5, 0.6) is 0 Å². The quantitative estimate of drug-likeness (QED) is 0.730. The molecule has 1 aromatic rings. The second-order valence-electron chi connectivity index (χ2n) is 2.63. The van der Waals surface area contributed by atoms with Crippen LogP contribution in [-0.2, 0) is 0 Å².